The van der Waals surface area contributed by atoms with Crippen LogP contribution in [0, 0.1) is 13.8 Å². The van der Waals surface area contributed by atoms with Gasteiger partial charge in [0, 0.05) is 25.3 Å². The Kier molecular flexibility index (Phi) is 7.14. The van der Waals surface area contributed by atoms with Crippen molar-refractivity contribution >= 4 is 11.9 Å². The number of benzene rings is 3. The van der Waals surface area contributed by atoms with Crippen molar-refractivity contribution in [1.29, 1.82) is 0 Å². The fourth-order valence-electron chi connectivity index (χ4n) is 4.21. The molecule has 4 rings (SSSR count). The quantitative estimate of drug-likeness (QED) is 0.263. The van der Waals surface area contributed by atoms with Crippen LogP contribution in [-0.2, 0) is 24.4 Å². The lowest BCUT2D eigenvalue weighted by Gasteiger charge is -2.19. The van der Waals surface area contributed by atoms with Crippen molar-refractivity contribution in [2.24, 2.45) is 0 Å². The molecule has 0 radical (unpaired) electrons. The monoisotopic (exact) mass is 493 g/mol. The number of carboxylic acid groups (broad SMARTS) is 1. The summed E-state index contributed by atoms with van der Waals surface area (Å²) >= 11 is 0. The molecule has 1 aliphatic heterocycles. The maximum Gasteiger partial charge on any atom is 0.347 e. The van der Waals surface area contributed by atoms with Crippen molar-refractivity contribution in [2.75, 3.05) is 6.61 Å². The zero-order valence-electron chi connectivity index (χ0n) is 20.2. The Labute approximate surface area is 207 Å². The summed E-state index contributed by atoms with van der Waals surface area (Å²) in [4.78, 5) is 25.3. The molecule has 9 heteroatoms. The van der Waals surface area contributed by atoms with E-state index in [0.29, 0.717) is 17.7 Å². The van der Waals surface area contributed by atoms with Gasteiger partial charge in [-0.05, 0) is 38.0 Å². The number of aromatic carboxylic acids is 1. The van der Waals surface area contributed by atoms with Crippen LogP contribution in [0.15, 0.2) is 36.4 Å². The highest BCUT2D eigenvalue weighted by atomic mass is 16.6. The van der Waals surface area contributed by atoms with Crippen LogP contribution in [0.4, 0.5) is 0 Å². The molecule has 4 N–H and O–H groups in total. The molecule has 1 aliphatic rings. The highest BCUT2D eigenvalue weighted by molar-refractivity contribution is 6.00. The van der Waals surface area contributed by atoms with E-state index >= 15 is 0 Å². The van der Waals surface area contributed by atoms with Crippen molar-refractivity contribution in [3.05, 3.63) is 75.3 Å². The maximum absolute atomic E-state index is 13.3. The molecule has 188 valence electrons. The summed E-state index contributed by atoms with van der Waals surface area (Å²) in [6.07, 6.45) is 0. The molecular formula is C27H27NO8. The Morgan fingerprint density at radius 1 is 1.00 bits per heavy atom. The molecule has 0 atom stereocenters. The summed E-state index contributed by atoms with van der Waals surface area (Å²) in [5, 5.41) is 34.5. The van der Waals surface area contributed by atoms with Gasteiger partial charge in [0.25, 0.3) is 0 Å². The van der Waals surface area contributed by atoms with Crippen LogP contribution in [-0.4, -0.2) is 33.9 Å². The molecule has 0 aliphatic carbocycles. The number of carbonyl (C=O) groups excluding carboxylic acids is 1. The second-order valence-electron chi connectivity index (χ2n) is 8.40. The topological polar surface area (TPSA) is 135 Å². The van der Waals surface area contributed by atoms with Gasteiger partial charge in [-0.25, -0.2) is 9.59 Å². The van der Waals surface area contributed by atoms with Crippen LogP contribution < -0.4 is 14.8 Å². The first kappa shape index (κ1) is 25.0. The number of esters is 1. The molecule has 0 bridgehead atoms. The predicted octanol–water partition coefficient (Wildman–Crippen LogP) is 4.56. The zero-order valence-corrected chi connectivity index (χ0v) is 20.2. The van der Waals surface area contributed by atoms with E-state index in [0.717, 1.165) is 5.56 Å². The number of phenols is 2. The summed E-state index contributed by atoms with van der Waals surface area (Å²) in [5.74, 6) is -2.88. The summed E-state index contributed by atoms with van der Waals surface area (Å²) in [5.41, 5.74) is 1.52. The van der Waals surface area contributed by atoms with E-state index in [1.54, 1.807) is 13.8 Å². The Morgan fingerprint density at radius 3 is 2.39 bits per heavy atom. The van der Waals surface area contributed by atoms with Crippen LogP contribution >= 0.6 is 0 Å². The Hall–Kier alpha value is -4.08. The fourth-order valence-corrected chi connectivity index (χ4v) is 4.21. The third-order valence-electron chi connectivity index (χ3n) is 6.02. The molecule has 0 spiro atoms. The number of nitrogens with one attached hydrogen (secondary N) is 1. The van der Waals surface area contributed by atoms with Crippen molar-refractivity contribution in [2.45, 2.75) is 40.5 Å². The van der Waals surface area contributed by atoms with Gasteiger partial charge >= 0.3 is 11.9 Å². The molecular weight excluding hydrogens is 466 g/mol. The Balaban J connectivity index is 1.84. The SMILES string of the molecule is CCOCc1c(O)c(C(=O)O)c(C)c2c1OC(=O)c1c(C)cc(O)c(CNCc3ccccc3)c1O2. The van der Waals surface area contributed by atoms with E-state index in [2.05, 4.69) is 5.32 Å². The van der Waals surface area contributed by atoms with Gasteiger partial charge in [0.05, 0.1) is 17.7 Å². The first-order valence-electron chi connectivity index (χ1n) is 11.4. The van der Waals surface area contributed by atoms with Gasteiger partial charge in [-0.3, -0.25) is 0 Å². The normalized spacial score (nSPS) is 12.2. The third-order valence-corrected chi connectivity index (χ3v) is 6.02. The van der Waals surface area contributed by atoms with Crippen LogP contribution in [0.5, 0.6) is 28.7 Å². The number of fused-ring (bicyclic) bond motifs is 2. The second kappa shape index (κ2) is 10.3. The molecule has 0 amide bonds. The average Bonchev–Trinajstić information content (AvgIpc) is 2.98. The second-order valence-corrected chi connectivity index (χ2v) is 8.40. The molecule has 0 saturated carbocycles. The molecule has 0 aromatic heterocycles. The lowest BCUT2D eigenvalue weighted by molar-refractivity contribution is 0.0691. The van der Waals surface area contributed by atoms with E-state index in [1.807, 2.05) is 30.3 Å². The Morgan fingerprint density at radius 2 is 1.72 bits per heavy atom. The molecule has 1 heterocycles. The highest BCUT2D eigenvalue weighted by Gasteiger charge is 2.35. The first-order chi connectivity index (χ1) is 17.2. The Bertz CT molecular complexity index is 1330. The van der Waals surface area contributed by atoms with Gasteiger partial charge in [0.2, 0.25) is 0 Å². The van der Waals surface area contributed by atoms with Crippen molar-refractivity contribution in [3.8, 4) is 28.7 Å². The molecule has 36 heavy (non-hydrogen) atoms. The van der Waals surface area contributed by atoms with Crippen LogP contribution in [0.3, 0.4) is 0 Å². The largest absolute Gasteiger partial charge is 0.507 e. The molecule has 0 fully saturated rings. The summed E-state index contributed by atoms with van der Waals surface area (Å²) < 4.78 is 17.3. The molecule has 3 aromatic rings. The summed E-state index contributed by atoms with van der Waals surface area (Å²) in [7, 11) is 0. The summed E-state index contributed by atoms with van der Waals surface area (Å²) in [6, 6.07) is 11.1. The van der Waals surface area contributed by atoms with E-state index in [-0.39, 0.29) is 65.0 Å². The van der Waals surface area contributed by atoms with Crippen molar-refractivity contribution < 1.29 is 39.1 Å². The van der Waals surface area contributed by atoms with Gasteiger partial charge in [-0.2, -0.15) is 0 Å². The number of hydrogen-bond donors (Lipinski definition) is 4. The summed E-state index contributed by atoms with van der Waals surface area (Å²) in [6.45, 7) is 5.56. The highest BCUT2D eigenvalue weighted by Crippen LogP contribution is 2.50. The standard InChI is InChI=1S/C27H27NO8/c1-4-34-13-18-22(30)21(26(31)32)15(3)23-25(18)36-27(33)20-14(2)10-19(29)17(24(20)35-23)12-28-11-16-8-6-5-7-9-16/h5-10,28-30H,4,11-13H2,1-3H3,(H,31,32). The molecule has 0 saturated heterocycles. The minimum absolute atomic E-state index is 0.0124. The van der Waals surface area contributed by atoms with E-state index < -0.39 is 17.7 Å². The van der Waals surface area contributed by atoms with E-state index in [4.69, 9.17) is 14.2 Å². The van der Waals surface area contributed by atoms with Crippen LogP contribution in [0.25, 0.3) is 0 Å². The maximum atomic E-state index is 13.3. The third kappa shape index (κ3) is 4.58. The molecule has 3 aromatic carbocycles. The number of ether oxygens (including phenoxy) is 3. The molecule has 9 nitrogen and oxygen atoms in total. The molecule has 0 unspecified atom stereocenters. The average molecular weight is 494 g/mol. The number of carbonyl (C=O) groups is 2. The first-order valence-corrected chi connectivity index (χ1v) is 11.4. The van der Waals surface area contributed by atoms with Gasteiger partial charge in [0.15, 0.2) is 17.2 Å². The van der Waals surface area contributed by atoms with Crippen LogP contribution in [0.1, 0.15) is 55.5 Å². The van der Waals surface area contributed by atoms with Crippen LogP contribution in [0.2, 0.25) is 0 Å². The predicted molar refractivity (Wildman–Crippen MR) is 130 cm³/mol. The number of rotatable bonds is 8. The van der Waals surface area contributed by atoms with E-state index in [9.17, 15) is 24.9 Å². The van der Waals surface area contributed by atoms with Gasteiger partial charge in [0.1, 0.15) is 22.6 Å². The zero-order chi connectivity index (χ0) is 26.0. The van der Waals surface area contributed by atoms with Gasteiger partial charge in [-0.15, -0.1) is 0 Å². The number of carboxylic acids is 1. The minimum Gasteiger partial charge on any atom is -0.507 e. The minimum atomic E-state index is -1.37. The lowest BCUT2D eigenvalue weighted by atomic mass is 10.00. The number of hydrogen-bond acceptors (Lipinski definition) is 8. The number of phenolic OH excluding ortho intramolecular Hbond substituents is 1. The smallest absolute Gasteiger partial charge is 0.347 e. The number of aryl methyl sites for hydroxylation is 1. The number of aromatic hydroxyl groups is 2. The lowest BCUT2D eigenvalue weighted by Crippen LogP contribution is -2.16. The van der Waals surface area contributed by atoms with Crippen molar-refractivity contribution in [3.63, 3.8) is 0 Å². The van der Waals surface area contributed by atoms with Crippen molar-refractivity contribution in [1.82, 2.24) is 5.32 Å². The van der Waals surface area contributed by atoms with E-state index in [1.165, 1.54) is 13.0 Å². The van der Waals surface area contributed by atoms with Gasteiger partial charge < -0.3 is 34.8 Å². The fraction of sp³-hybridized carbons (Fsp3) is 0.259. The van der Waals surface area contributed by atoms with Gasteiger partial charge in [-0.1, -0.05) is 30.3 Å².